The summed E-state index contributed by atoms with van der Waals surface area (Å²) < 4.78 is 0. The van der Waals surface area contributed by atoms with Crippen molar-refractivity contribution in [3.05, 3.63) is 40.2 Å². The molecule has 25 heavy (non-hydrogen) atoms. The first-order valence-electron chi connectivity index (χ1n) is 8.93. The largest absolute Gasteiger partial charge is 0.353 e. The average molecular weight is 357 g/mol. The predicted octanol–water partition coefficient (Wildman–Crippen LogP) is 2.01. The zero-order chi connectivity index (χ0) is 17.1. The Morgan fingerprint density at radius 2 is 2.12 bits per heavy atom. The number of nitrogens with one attached hydrogen (secondary N) is 2. The zero-order valence-electron chi connectivity index (χ0n) is 14.1. The number of hydrogen-bond donors (Lipinski definition) is 2. The van der Waals surface area contributed by atoms with Gasteiger partial charge in [0.25, 0.3) is 5.91 Å². The number of amides is 1. The molecule has 7 heteroatoms. The molecule has 2 saturated heterocycles. The molecular formula is C18H23N5OS. The topological polar surface area (TPSA) is 70.2 Å². The molecule has 0 spiro atoms. The van der Waals surface area contributed by atoms with Gasteiger partial charge < -0.3 is 15.5 Å². The van der Waals surface area contributed by atoms with E-state index in [1.807, 2.05) is 18.2 Å². The molecule has 132 valence electrons. The molecular weight excluding hydrogens is 334 g/mol. The zero-order valence-corrected chi connectivity index (χ0v) is 15.0. The third-order valence-electron chi connectivity index (χ3n) is 5.00. The van der Waals surface area contributed by atoms with E-state index < -0.39 is 0 Å². The van der Waals surface area contributed by atoms with Crippen molar-refractivity contribution in [2.24, 2.45) is 0 Å². The molecule has 2 aromatic rings. The standard InChI is InChI=1S/C18H23N5OS/c24-18(16-4-3-15(25-16)13-5-9-19-10-6-13)21-14-7-11-23(12-14)17-2-1-8-20-22-17/h1-4,8,13-14,19H,5-7,9-12H2,(H,21,24). The number of anilines is 1. The van der Waals surface area contributed by atoms with Gasteiger partial charge in [-0.3, -0.25) is 4.79 Å². The van der Waals surface area contributed by atoms with Gasteiger partial charge >= 0.3 is 0 Å². The third kappa shape index (κ3) is 3.82. The lowest BCUT2D eigenvalue weighted by Crippen LogP contribution is -2.36. The van der Waals surface area contributed by atoms with Crippen molar-refractivity contribution in [3.8, 4) is 0 Å². The second kappa shape index (κ2) is 7.49. The number of aromatic nitrogens is 2. The third-order valence-corrected chi connectivity index (χ3v) is 6.24. The van der Waals surface area contributed by atoms with Crippen LogP contribution in [0.5, 0.6) is 0 Å². The van der Waals surface area contributed by atoms with Gasteiger partial charge in [-0.1, -0.05) is 0 Å². The van der Waals surface area contributed by atoms with Crippen LogP contribution in [0.25, 0.3) is 0 Å². The highest BCUT2D eigenvalue weighted by molar-refractivity contribution is 7.14. The van der Waals surface area contributed by atoms with Crippen molar-refractivity contribution < 1.29 is 4.79 Å². The van der Waals surface area contributed by atoms with Gasteiger partial charge in [0.2, 0.25) is 0 Å². The van der Waals surface area contributed by atoms with Crippen LogP contribution in [0.3, 0.4) is 0 Å². The van der Waals surface area contributed by atoms with Crippen LogP contribution < -0.4 is 15.5 Å². The molecule has 2 N–H and O–H groups in total. The lowest BCUT2D eigenvalue weighted by molar-refractivity contribution is 0.0944. The SMILES string of the molecule is O=C(NC1CCN(c2cccnn2)C1)c1ccc(C2CCNCC2)s1. The van der Waals surface area contributed by atoms with Crippen LogP contribution in [0.1, 0.15) is 39.7 Å². The fourth-order valence-corrected chi connectivity index (χ4v) is 4.69. The number of rotatable bonds is 4. The van der Waals surface area contributed by atoms with E-state index in [-0.39, 0.29) is 11.9 Å². The van der Waals surface area contributed by atoms with Crippen LogP contribution in [0, 0.1) is 0 Å². The molecule has 0 aromatic carbocycles. The second-order valence-corrected chi connectivity index (χ2v) is 7.83. The number of hydrogen-bond acceptors (Lipinski definition) is 6. The Morgan fingerprint density at radius 3 is 2.92 bits per heavy atom. The van der Waals surface area contributed by atoms with Crippen molar-refractivity contribution in [2.75, 3.05) is 31.1 Å². The molecule has 0 saturated carbocycles. The molecule has 0 radical (unpaired) electrons. The van der Waals surface area contributed by atoms with Gasteiger partial charge in [0, 0.05) is 30.2 Å². The highest BCUT2D eigenvalue weighted by Gasteiger charge is 2.26. The minimum absolute atomic E-state index is 0.0520. The van der Waals surface area contributed by atoms with Gasteiger partial charge in [0.1, 0.15) is 0 Å². The van der Waals surface area contributed by atoms with Crippen LogP contribution in [-0.4, -0.2) is 48.3 Å². The monoisotopic (exact) mass is 357 g/mol. The molecule has 4 heterocycles. The number of piperidine rings is 1. The molecule has 2 aliphatic rings. The Balaban J connectivity index is 1.34. The van der Waals surface area contributed by atoms with Crippen molar-refractivity contribution in [3.63, 3.8) is 0 Å². The molecule has 1 unspecified atom stereocenters. The molecule has 4 rings (SSSR count). The first-order valence-corrected chi connectivity index (χ1v) is 9.75. The van der Waals surface area contributed by atoms with Crippen molar-refractivity contribution in [2.45, 2.75) is 31.2 Å². The number of carbonyl (C=O) groups excluding carboxylic acids is 1. The van der Waals surface area contributed by atoms with Gasteiger partial charge in [0.15, 0.2) is 5.82 Å². The first-order chi connectivity index (χ1) is 12.3. The summed E-state index contributed by atoms with van der Waals surface area (Å²) in [7, 11) is 0. The van der Waals surface area contributed by atoms with Crippen LogP contribution in [-0.2, 0) is 0 Å². The average Bonchev–Trinajstić information content (AvgIpc) is 3.33. The normalized spacial score (nSPS) is 21.4. The van der Waals surface area contributed by atoms with E-state index in [0.717, 1.165) is 56.1 Å². The Morgan fingerprint density at radius 1 is 1.24 bits per heavy atom. The van der Waals surface area contributed by atoms with Gasteiger partial charge in [-0.05, 0) is 62.5 Å². The molecule has 2 fully saturated rings. The second-order valence-electron chi connectivity index (χ2n) is 6.71. The molecule has 1 atom stereocenters. The van der Waals surface area contributed by atoms with Gasteiger partial charge in [0.05, 0.1) is 4.88 Å². The molecule has 6 nitrogen and oxygen atoms in total. The summed E-state index contributed by atoms with van der Waals surface area (Å²) in [5, 5.41) is 14.6. The van der Waals surface area contributed by atoms with Crippen molar-refractivity contribution >= 4 is 23.1 Å². The van der Waals surface area contributed by atoms with Crippen molar-refractivity contribution in [1.82, 2.24) is 20.8 Å². The number of carbonyl (C=O) groups is 1. The fraction of sp³-hybridized carbons (Fsp3) is 0.500. The maximum atomic E-state index is 12.6. The smallest absolute Gasteiger partial charge is 0.261 e. The molecule has 1 amide bonds. The summed E-state index contributed by atoms with van der Waals surface area (Å²) in [5.41, 5.74) is 0. The fourth-order valence-electron chi connectivity index (χ4n) is 3.61. The molecule has 0 aliphatic carbocycles. The summed E-state index contributed by atoms with van der Waals surface area (Å²) >= 11 is 1.65. The van der Waals surface area contributed by atoms with Crippen LogP contribution >= 0.6 is 11.3 Å². The highest BCUT2D eigenvalue weighted by atomic mass is 32.1. The van der Waals surface area contributed by atoms with E-state index >= 15 is 0 Å². The maximum absolute atomic E-state index is 12.6. The van der Waals surface area contributed by atoms with Crippen molar-refractivity contribution in [1.29, 1.82) is 0 Å². The lowest BCUT2D eigenvalue weighted by Gasteiger charge is -2.21. The predicted molar refractivity (Wildman–Crippen MR) is 99.3 cm³/mol. The van der Waals surface area contributed by atoms with E-state index in [9.17, 15) is 4.79 Å². The summed E-state index contributed by atoms with van der Waals surface area (Å²) in [6, 6.07) is 8.13. The van der Waals surface area contributed by atoms with Crippen LogP contribution in [0.2, 0.25) is 0 Å². The summed E-state index contributed by atoms with van der Waals surface area (Å²) in [6.07, 6.45) is 4.94. The Bertz CT molecular complexity index is 713. The molecule has 2 aliphatic heterocycles. The summed E-state index contributed by atoms with van der Waals surface area (Å²) in [6.45, 7) is 3.83. The maximum Gasteiger partial charge on any atom is 0.261 e. The first kappa shape index (κ1) is 16.5. The van der Waals surface area contributed by atoms with Crippen LogP contribution in [0.15, 0.2) is 30.5 Å². The van der Waals surface area contributed by atoms with Gasteiger partial charge in [-0.25, -0.2) is 0 Å². The van der Waals surface area contributed by atoms with E-state index in [4.69, 9.17) is 0 Å². The minimum Gasteiger partial charge on any atom is -0.353 e. The van der Waals surface area contributed by atoms with Gasteiger partial charge in [-0.15, -0.1) is 16.4 Å². The van der Waals surface area contributed by atoms with Gasteiger partial charge in [-0.2, -0.15) is 5.10 Å². The van der Waals surface area contributed by atoms with E-state index in [1.165, 1.54) is 4.88 Å². The van der Waals surface area contributed by atoms with Crippen LogP contribution in [0.4, 0.5) is 5.82 Å². The van der Waals surface area contributed by atoms with E-state index in [0.29, 0.717) is 5.92 Å². The Kier molecular flexibility index (Phi) is 4.94. The Labute approximate surface area is 151 Å². The number of nitrogens with zero attached hydrogens (tertiary/aromatic N) is 3. The lowest BCUT2D eigenvalue weighted by atomic mass is 9.97. The Hall–Kier alpha value is -1.99. The molecule has 2 aromatic heterocycles. The molecule has 0 bridgehead atoms. The minimum atomic E-state index is 0.0520. The summed E-state index contributed by atoms with van der Waals surface area (Å²) in [5.74, 6) is 1.53. The number of thiophene rings is 1. The van der Waals surface area contributed by atoms with E-state index in [1.54, 1.807) is 17.5 Å². The van der Waals surface area contributed by atoms with E-state index in [2.05, 4.69) is 31.8 Å². The summed E-state index contributed by atoms with van der Waals surface area (Å²) in [4.78, 5) is 16.9. The highest BCUT2D eigenvalue weighted by Crippen LogP contribution is 2.31. The quantitative estimate of drug-likeness (QED) is 0.876.